The van der Waals surface area contributed by atoms with Crippen molar-refractivity contribution in [2.75, 3.05) is 6.61 Å². The summed E-state index contributed by atoms with van der Waals surface area (Å²) in [6.45, 7) is 2.80. The maximum atomic E-state index is 5.73. The lowest BCUT2D eigenvalue weighted by molar-refractivity contribution is 0.0150. The van der Waals surface area contributed by atoms with Crippen LogP contribution in [0.3, 0.4) is 0 Å². The first kappa shape index (κ1) is 11.9. The fraction of sp³-hybridized carbons (Fsp3) is 0.357. The quantitative estimate of drug-likeness (QED) is 0.713. The molecule has 0 spiro atoms. The van der Waals surface area contributed by atoms with Crippen LogP contribution in [0.1, 0.15) is 25.1 Å². The Balaban J connectivity index is 1.67. The van der Waals surface area contributed by atoms with Crippen LogP contribution >= 0.6 is 0 Å². The molecule has 1 unspecified atom stereocenters. The number of ether oxygens (including phenoxy) is 1. The highest BCUT2D eigenvalue weighted by atomic mass is 16.5. The molecule has 1 aromatic carbocycles. The third kappa shape index (κ3) is 3.71. The Labute approximate surface area is 102 Å². The summed E-state index contributed by atoms with van der Waals surface area (Å²) in [5, 5.41) is 0. The van der Waals surface area contributed by atoms with Gasteiger partial charge in [0.1, 0.15) is 6.23 Å². The molecule has 0 radical (unpaired) electrons. The van der Waals surface area contributed by atoms with Gasteiger partial charge in [-0.2, -0.15) is 0 Å². The van der Waals surface area contributed by atoms with Crippen LogP contribution in [-0.4, -0.2) is 16.2 Å². The van der Waals surface area contributed by atoms with Gasteiger partial charge in [-0.25, -0.2) is 4.98 Å². The molecule has 0 saturated carbocycles. The van der Waals surface area contributed by atoms with Crippen molar-refractivity contribution in [3.8, 4) is 0 Å². The minimum atomic E-state index is 0.0632. The summed E-state index contributed by atoms with van der Waals surface area (Å²) < 4.78 is 7.69. The van der Waals surface area contributed by atoms with E-state index in [4.69, 9.17) is 4.74 Å². The number of aryl methyl sites for hydroxylation is 1. The van der Waals surface area contributed by atoms with Crippen LogP contribution < -0.4 is 0 Å². The molecule has 1 aromatic heterocycles. The van der Waals surface area contributed by atoms with E-state index in [0.29, 0.717) is 0 Å². The second-order valence-electron chi connectivity index (χ2n) is 4.07. The van der Waals surface area contributed by atoms with Gasteiger partial charge in [-0.15, -0.1) is 0 Å². The lowest BCUT2D eigenvalue weighted by Gasteiger charge is -2.13. The number of nitrogens with zero attached hydrogens (tertiary/aromatic N) is 2. The summed E-state index contributed by atoms with van der Waals surface area (Å²) >= 11 is 0. The van der Waals surface area contributed by atoms with Gasteiger partial charge in [0, 0.05) is 19.0 Å². The van der Waals surface area contributed by atoms with Crippen molar-refractivity contribution in [3.05, 3.63) is 54.6 Å². The summed E-state index contributed by atoms with van der Waals surface area (Å²) in [5.41, 5.74) is 1.37. The largest absolute Gasteiger partial charge is 0.358 e. The zero-order valence-corrected chi connectivity index (χ0v) is 10.1. The highest BCUT2D eigenvalue weighted by molar-refractivity contribution is 5.14. The predicted molar refractivity (Wildman–Crippen MR) is 67.7 cm³/mol. The fourth-order valence-corrected chi connectivity index (χ4v) is 1.75. The Morgan fingerprint density at radius 1 is 1.29 bits per heavy atom. The molecular weight excluding hydrogens is 212 g/mol. The van der Waals surface area contributed by atoms with Crippen LogP contribution in [0.25, 0.3) is 0 Å². The number of imidazole rings is 1. The summed E-state index contributed by atoms with van der Waals surface area (Å²) in [5.74, 6) is 0. The second kappa shape index (κ2) is 6.21. The summed E-state index contributed by atoms with van der Waals surface area (Å²) in [4.78, 5) is 4.00. The number of aromatic nitrogens is 2. The molecule has 0 aliphatic heterocycles. The molecule has 0 amide bonds. The molecule has 17 heavy (non-hydrogen) atoms. The first-order valence-electron chi connectivity index (χ1n) is 5.99. The molecule has 2 rings (SSSR count). The Bertz CT molecular complexity index is 411. The molecule has 3 nitrogen and oxygen atoms in total. The molecule has 0 N–H and O–H groups in total. The van der Waals surface area contributed by atoms with E-state index in [-0.39, 0.29) is 6.23 Å². The Hall–Kier alpha value is -1.61. The average Bonchev–Trinajstić information content (AvgIpc) is 2.89. The molecular formula is C14H18N2O. The third-order valence-electron chi connectivity index (χ3n) is 2.76. The van der Waals surface area contributed by atoms with Gasteiger partial charge in [0.15, 0.2) is 0 Å². The van der Waals surface area contributed by atoms with Gasteiger partial charge in [0.05, 0.1) is 6.33 Å². The maximum Gasteiger partial charge on any atom is 0.131 e. The second-order valence-corrected chi connectivity index (χ2v) is 4.07. The fourth-order valence-electron chi connectivity index (χ4n) is 1.75. The van der Waals surface area contributed by atoms with Crippen LogP contribution in [-0.2, 0) is 11.2 Å². The summed E-state index contributed by atoms with van der Waals surface area (Å²) in [6.07, 6.45) is 7.64. The molecule has 3 heteroatoms. The van der Waals surface area contributed by atoms with Crippen LogP contribution in [0.15, 0.2) is 49.1 Å². The van der Waals surface area contributed by atoms with Gasteiger partial charge < -0.3 is 9.30 Å². The zero-order valence-electron chi connectivity index (χ0n) is 10.1. The minimum absolute atomic E-state index is 0.0632. The van der Waals surface area contributed by atoms with Crippen molar-refractivity contribution in [2.24, 2.45) is 0 Å². The van der Waals surface area contributed by atoms with Crippen LogP contribution in [0.4, 0.5) is 0 Å². The monoisotopic (exact) mass is 230 g/mol. The van der Waals surface area contributed by atoms with Gasteiger partial charge >= 0.3 is 0 Å². The van der Waals surface area contributed by atoms with E-state index in [9.17, 15) is 0 Å². The number of benzene rings is 1. The molecule has 2 aromatic rings. The molecule has 0 aliphatic rings. The van der Waals surface area contributed by atoms with E-state index in [1.165, 1.54) is 5.56 Å². The van der Waals surface area contributed by atoms with Crippen LogP contribution in [0.2, 0.25) is 0 Å². The molecule has 90 valence electrons. The van der Waals surface area contributed by atoms with Gasteiger partial charge in [-0.3, -0.25) is 0 Å². The van der Waals surface area contributed by atoms with Crippen molar-refractivity contribution in [1.82, 2.24) is 9.55 Å². The Morgan fingerprint density at radius 2 is 2.12 bits per heavy atom. The highest BCUT2D eigenvalue weighted by Gasteiger charge is 2.02. The number of hydrogen-bond donors (Lipinski definition) is 0. The summed E-state index contributed by atoms with van der Waals surface area (Å²) in [6, 6.07) is 10.5. The van der Waals surface area contributed by atoms with Crippen LogP contribution in [0, 0.1) is 0 Å². The van der Waals surface area contributed by atoms with Crippen molar-refractivity contribution in [2.45, 2.75) is 26.0 Å². The molecule has 1 atom stereocenters. The predicted octanol–water partition coefficient (Wildman–Crippen LogP) is 3.05. The first-order valence-corrected chi connectivity index (χ1v) is 5.99. The van der Waals surface area contributed by atoms with Gasteiger partial charge in [0.2, 0.25) is 0 Å². The SMILES string of the molecule is CC(OCCCc1ccccc1)n1ccnc1. The number of rotatable bonds is 6. The van der Waals surface area contributed by atoms with Crippen molar-refractivity contribution in [3.63, 3.8) is 0 Å². The molecule has 1 heterocycles. The average molecular weight is 230 g/mol. The van der Waals surface area contributed by atoms with Crippen molar-refractivity contribution < 1.29 is 4.74 Å². The Kier molecular flexibility index (Phi) is 4.33. The standard InChI is InChI=1S/C14H18N2O/c1-13(16-10-9-15-12-16)17-11-5-8-14-6-3-2-4-7-14/h2-4,6-7,9-10,12-13H,5,8,11H2,1H3. The first-order chi connectivity index (χ1) is 8.36. The molecule has 0 fully saturated rings. The lowest BCUT2D eigenvalue weighted by Crippen LogP contribution is -2.08. The molecule has 0 aliphatic carbocycles. The Morgan fingerprint density at radius 3 is 2.82 bits per heavy atom. The minimum Gasteiger partial charge on any atom is -0.358 e. The van der Waals surface area contributed by atoms with E-state index >= 15 is 0 Å². The van der Waals surface area contributed by atoms with Crippen molar-refractivity contribution >= 4 is 0 Å². The smallest absolute Gasteiger partial charge is 0.131 e. The zero-order chi connectivity index (χ0) is 11.9. The molecule has 0 bridgehead atoms. The van der Waals surface area contributed by atoms with Gasteiger partial charge in [-0.1, -0.05) is 30.3 Å². The van der Waals surface area contributed by atoms with E-state index in [1.807, 2.05) is 23.8 Å². The van der Waals surface area contributed by atoms with Crippen LogP contribution in [0.5, 0.6) is 0 Å². The third-order valence-corrected chi connectivity index (χ3v) is 2.76. The normalized spacial score (nSPS) is 12.5. The number of hydrogen-bond acceptors (Lipinski definition) is 2. The summed E-state index contributed by atoms with van der Waals surface area (Å²) in [7, 11) is 0. The van der Waals surface area contributed by atoms with Crippen molar-refractivity contribution in [1.29, 1.82) is 0 Å². The lowest BCUT2D eigenvalue weighted by atomic mass is 10.1. The topological polar surface area (TPSA) is 27.1 Å². The van der Waals surface area contributed by atoms with E-state index < -0.39 is 0 Å². The van der Waals surface area contributed by atoms with E-state index in [1.54, 1.807) is 12.5 Å². The molecule has 0 saturated heterocycles. The van der Waals surface area contributed by atoms with E-state index in [0.717, 1.165) is 19.4 Å². The maximum absolute atomic E-state index is 5.73. The van der Waals surface area contributed by atoms with E-state index in [2.05, 4.69) is 29.2 Å². The van der Waals surface area contributed by atoms with Gasteiger partial charge in [0.25, 0.3) is 0 Å². The highest BCUT2D eigenvalue weighted by Crippen LogP contribution is 2.08. The van der Waals surface area contributed by atoms with Gasteiger partial charge in [-0.05, 0) is 25.3 Å².